The molecule has 0 fully saturated rings. The Labute approximate surface area is 159 Å². The number of rotatable bonds is 4. The van der Waals surface area contributed by atoms with Gasteiger partial charge in [-0.3, -0.25) is 19.5 Å². The van der Waals surface area contributed by atoms with Crippen LogP contribution in [0.2, 0.25) is 0 Å². The van der Waals surface area contributed by atoms with E-state index >= 15 is 0 Å². The molecule has 0 radical (unpaired) electrons. The number of fused-ring (bicyclic) bond motifs is 1. The first-order chi connectivity index (χ1) is 13.1. The van der Waals surface area contributed by atoms with Gasteiger partial charge < -0.3 is 10.4 Å². The Morgan fingerprint density at radius 2 is 1.82 bits per heavy atom. The van der Waals surface area contributed by atoms with Gasteiger partial charge in [0, 0.05) is 34.3 Å². The van der Waals surface area contributed by atoms with Crippen LogP contribution in [0.1, 0.15) is 15.9 Å². The number of nitrogens with zero attached hydrogens (tertiary/aromatic N) is 1. The van der Waals surface area contributed by atoms with Crippen LogP contribution in [0.25, 0.3) is 10.8 Å². The molecule has 28 heavy (non-hydrogen) atoms. The monoisotopic (exact) mass is 402 g/mol. The predicted molar refractivity (Wildman–Crippen MR) is 101 cm³/mol. The van der Waals surface area contributed by atoms with E-state index in [2.05, 4.69) is 5.32 Å². The van der Waals surface area contributed by atoms with Crippen LogP contribution >= 0.6 is 0 Å². The molecule has 0 saturated carbocycles. The fourth-order valence-corrected chi connectivity index (χ4v) is 3.28. The smallest absolute Gasteiger partial charge is 0.294 e. The second kappa shape index (κ2) is 6.91. The number of benzene rings is 3. The minimum Gasteiger partial charge on any atom is -0.507 e. The zero-order valence-electron chi connectivity index (χ0n) is 14.4. The highest BCUT2D eigenvalue weighted by Gasteiger charge is 2.16. The third-order valence-corrected chi connectivity index (χ3v) is 4.96. The summed E-state index contributed by atoms with van der Waals surface area (Å²) in [5.41, 5.74) is 0.558. The number of nitrogens with one attached hydrogen (secondary N) is 1. The summed E-state index contributed by atoms with van der Waals surface area (Å²) in [6, 6.07) is 10.2. The summed E-state index contributed by atoms with van der Waals surface area (Å²) in [4.78, 5) is 22.4. The highest BCUT2D eigenvalue weighted by Crippen LogP contribution is 2.31. The van der Waals surface area contributed by atoms with Crippen molar-refractivity contribution in [3.63, 3.8) is 0 Å². The van der Waals surface area contributed by atoms with Crippen molar-refractivity contribution in [3.05, 3.63) is 69.8 Å². The van der Waals surface area contributed by atoms with Gasteiger partial charge in [0.2, 0.25) is 0 Å². The molecule has 0 atom stereocenters. The van der Waals surface area contributed by atoms with Crippen molar-refractivity contribution in [2.24, 2.45) is 0 Å². The molecule has 3 N–H and O–H groups in total. The van der Waals surface area contributed by atoms with E-state index < -0.39 is 20.9 Å². The molecule has 0 aromatic heterocycles. The number of hydrogen-bond acceptors (Lipinski definition) is 6. The summed E-state index contributed by atoms with van der Waals surface area (Å²) in [5.74, 6) is -0.766. The molecule has 0 heterocycles. The molecule has 10 heteroatoms. The number of carbonyl (C=O) groups is 1. The van der Waals surface area contributed by atoms with Crippen LogP contribution in [-0.4, -0.2) is 28.9 Å². The van der Waals surface area contributed by atoms with E-state index in [9.17, 15) is 28.4 Å². The zero-order valence-corrected chi connectivity index (χ0v) is 15.2. The van der Waals surface area contributed by atoms with Gasteiger partial charge in [0.15, 0.2) is 0 Å². The maximum atomic E-state index is 12.4. The van der Waals surface area contributed by atoms with E-state index in [1.54, 1.807) is 0 Å². The molecule has 144 valence electrons. The van der Waals surface area contributed by atoms with Crippen molar-refractivity contribution >= 4 is 38.2 Å². The summed E-state index contributed by atoms with van der Waals surface area (Å²) in [7, 11) is -4.43. The number of phenolic OH excluding ortho intramolecular Hbond substituents is 1. The highest BCUT2D eigenvalue weighted by molar-refractivity contribution is 7.85. The third-order valence-electron chi connectivity index (χ3n) is 4.11. The minimum absolute atomic E-state index is 0.113. The number of anilines is 1. The van der Waals surface area contributed by atoms with Gasteiger partial charge in [-0.1, -0.05) is 0 Å². The molecular formula is C18H14N2O7S. The van der Waals surface area contributed by atoms with Gasteiger partial charge in [-0.25, -0.2) is 0 Å². The Morgan fingerprint density at radius 1 is 1.11 bits per heavy atom. The lowest BCUT2D eigenvalue weighted by Crippen LogP contribution is -2.12. The van der Waals surface area contributed by atoms with E-state index in [1.165, 1.54) is 43.3 Å². The number of amides is 1. The van der Waals surface area contributed by atoms with Crippen molar-refractivity contribution in [1.82, 2.24) is 0 Å². The fraction of sp³-hybridized carbons (Fsp3) is 0.0556. The number of aryl methyl sites for hydroxylation is 1. The van der Waals surface area contributed by atoms with Crippen molar-refractivity contribution in [2.75, 3.05) is 5.32 Å². The molecule has 0 aliphatic heterocycles. The lowest BCUT2D eigenvalue weighted by molar-refractivity contribution is -0.385. The van der Waals surface area contributed by atoms with E-state index in [1.807, 2.05) is 0 Å². The van der Waals surface area contributed by atoms with Gasteiger partial charge in [0.05, 0.1) is 9.82 Å². The normalized spacial score (nSPS) is 11.4. The number of hydrogen-bond donors (Lipinski definition) is 3. The minimum atomic E-state index is -4.43. The van der Waals surface area contributed by atoms with E-state index in [0.717, 1.165) is 12.1 Å². The number of aromatic hydroxyl groups is 1. The predicted octanol–water partition coefficient (Wildman–Crippen LogP) is 3.26. The molecule has 0 aliphatic carbocycles. The Morgan fingerprint density at radius 3 is 2.43 bits per heavy atom. The SMILES string of the molecule is Cc1cc(C(=O)Nc2cc(O)c3ccc(S(=O)(=O)O)cc3c2)ccc1[N+](=O)[O-]. The van der Waals surface area contributed by atoms with Crippen LogP contribution in [-0.2, 0) is 10.1 Å². The lowest BCUT2D eigenvalue weighted by atomic mass is 10.1. The molecule has 3 aromatic rings. The summed E-state index contributed by atoms with van der Waals surface area (Å²) in [6.07, 6.45) is 0. The summed E-state index contributed by atoms with van der Waals surface area (Å²) < 4.78 is 31.7. The molecule has 9 nitrogen and oxygen atoms in total. The maximum Gasteiger partial charge on any atom is 0.294 e. The number of carbonyl (C=O) groups excluding carboxylic acids is 1. The Balaban J connectivity index is 1.96. The standard InChI is InChI=1S/C18H14N2O7S/c1-10-6-11(2-5-16(10)20(23)24)18(22)19-13-7-12-8-14(28(25,26)27)3-4-15(12)17(21)9-13/h2-9,21H,1H3,(H,19,22)(H,25,26,27). The number of nitro benzene ring substituents is 1. The van der Waals surface area contributed by atoms with Gasteiger partial charge in [0.1, 0.15) is 5.75 Å². The maximum absolute atomic E-state index is 12.4. The molecule has 0 aliphatic rings. The Kier molecular flexibility index (Phi) is 4.75. The first-order valence-corrected chi connectivity index (χ1v) is 9.31. The molecule has 1 amide bonds. The molecule has 3 aromatic carbocycles. The van der Waals surface area contributed by atoms with Crippen LogP contribution < -0.4 is 5.32 Å². The number of phenols is 1. The van der Waals surface area contributed by atoms with Gasteiger partial charge in [0.25, 0.3) is 21.7 Å². The lowest BCUT2D eigenvalue weighted by Gasteiger charge is -2.10. The van der Waals surface area contributed by atoms with Gasteiger partial charge in [-0.2, -0.15) is 8.42 Å². The van der Waals surface area contributed by atoms with E-state index in [4.69, 9.17) is 4.55 Å². The molecule has 0 saturated heterocycles. The second-order valence-electron chi connectivity index (χ2n) is 6.07. The van der Waals surface area contributed by atoms with Crippen LogP contribution in [0.5, 0.6) is 5.75 Å². The van der Waals surface area contributed by atoms with Crippen molar-refractivity contribution in [2.45, 2.75) is 11.8 Å². The molecule has 0 bridgehead atoms. The first-order valence-electron chi connectivity index (χ1n) is 7.87. The summed E-state index contributed by atoms with van der Waals surface area (Å²) in [5, 5.41) is 24.2. The molecule has 0 spiro atoms. The molecular weight excluding hydrogens is 388 g/mol. The van der Waals surface area contributed by atoms with Crippen molar-refractivity contribution in [1.29, 1.82) is 0 Å². The molecule has 0 unspecified atom stereocenters. The van der Waals surface area contributed by atoms with Crippen molar-refractivity contribution in [3.8, 4) is 5.75 Å². The fourth-order valence-electron chi connectivity index (χ4n) is 2.77. The largest absolute Gasteiger partial charge is 0.507 e. The van der Waals surface area contributed by atoms with Gasteiger partial charge in [-0.15, -0.1) is 0 Å². The van der Waals surface area contributed by atoms with Crippen LogP contribution in [0, 0.1) is 17.0 Å². The topological polar surface area (TPSA) is 147 Å². The Hall–Kier alpha value is -3.50. The van der Waals surface area contributed by atoms with Gasteiger partial charge in [-0.05, 0) is 48.7 Å². The summed E-state index contributed by atoms with van der Waals surface area (Å²) >= 11 is 0. The van der Waals surface area contributed by atoms with Crippen molar-refractivity contribution < 1.29 is 27.8 Å². The quantitative estimate of drug-likeness (QED) is 0.345. The van der Waals surface area contributed by atoms with Crippen LogP contribution in [0.4, 0.5) is 11.4 Å². The third kappa shape index (κ3) is 3.77. The summed E-state index contributed by atoms with van der Waals surface area (Å²) in [6.45, 7) is 1.51. The van der Waals surface area contributed by atoms with Crippen LogP contribution in [0.3, 0.4) is 0 Å². The Bertz CT molecular complexity index is 1240. The first kappa shape index (κ1) is 19.3. The second-order valence-corrected chi connectivity index (χ2v) is 7.49. The average molecular weight is 402 g/mol. The molecule has 3 rings (SSSR count). The van der Waals surface area contributed by atoms with E-state index in [-0.39, 0.29) is 33.0 Å². The van der Waals surface area contributed by atoms with Gasteiger partial charge >= 0.3 is 0 Å². The highest BCUT2D eigenvalue weighted by atomic mass is 32.2. The van der Waals surface area contributed by atoms with E-state index in [0.29, 0.717) is 10.9 Å². The zero-order chi connectivity index (χ0) is 20.6. The number of nitro groups is 1. The average Bonchev–Trinajstić information content (AvgIpc) is 2.60. The van der Waals surface area contributed by atoms with Crippen LogP contribution in [0.15, 0.2) is 53.4 Å².